The number of aliphatic hydroxyl groups is 2. The third-order valence-corrected chi connectivity index (χ3v) is 1.75. The molecule has 0 radical (unpaired) electrons. The molecule has 0 unspecified atom stereocenters. The molecule has 0 spiro atoms. The largest absolute Gasteiger partial charge is 2.00 e. The Kier molecular flexibility index (Phi) is 14.7. The van der Waals surface area contributed by atoms with E-state index in [0.717, 1.165) is 0 Å². The number of carboxylic acids is 2. The molecule has 0 amide bonds. The Morgan fingerprint density at radius 2 is 1.00 bits per heavy atom. The maximum Gasteiger partial charge on any atom is 2.00 e. The average Bonchev–Trinajstić information content (AvgIpc) is 2.15. The molecule has 0 aliphatic carbocycles. The van der Waals surface area contributed by atoms with E-state index in [2.05, 4.69) is 0 Å². The van der Waals surface area contributed by atoms with Gasteiger partial charge in [0.2, 0.25) is 0 Å². The van der Waals surface area contributed by atoms with E-state index in [1.165, 1.54) is 0 Å². The molecule has 0 heterocycles. The Bertz CT molecular complexity index is 205. The summed E-state index contributed by atoms with van der Waals surface area (Å²) in [5.74, 6) is -3.33. The molecule has 2 atom stereocenters. The minimum Gasteiger partial charge on any atom is -0.547 e. The monoisotopic (exact) mass is 274 g/mol. The number of hydrogen-bond acceptors (Lipinski definition) is 6. The standard InChI is InChI=1S/2C5H10O3.Ca/c2*1-3(2)4(6)5(7)8;/h2*3-4,6H,1-2H3,(H,7,8);/q;;+2/p-2/t2*4-;/m00./s1. The summed E-state index contributed by atoms with van der Waals surface area (Å²) in [5.41, 5.74) is 0. The Balaban J connectivity index is -0.000000218. The topological polar surface area (TPSA) is 121 Å². The van der Waals surface area contributed by atoms with Gasteiger partial charge in [-0.3, -0.25) is 0 Å². The molecule has 6 nitrogen and oxygen atoms in total. The summed E-state index contributed by atoms with van der Waals surface area (Å²) < 4.78 is 0. The smallest absolute Gasteiger partial charge is 0.547 e. The van der Waals surface area contributed by atoms with Crippen LogP contribution in [0.4, 0.5) is 0 Å². The van der Waals surface area contributed by atoms with E-state index < -0.39 is 24.1 Å². The Hall–Kier alpha value is 0.120. The van der Waals surface area contributed by atoms with Crippen molar-refractivity contribution >= 4 is 49.7 Å². The number of rotatable bonds is 4. The van der Waals surface area contributed by atoms with Crippen molar-refractivity contribution < 1.29 is 30.0 Å². The second kappa shape index (κ2) is 11.2. The average molecular weight is 274 g/mol. The number of carbonyl (C=O) groups is 2. The van der Waals surface area contributed by atoms with Crippen LogP contribution >= 0.6 is 0 Å². The number of carbonyl (C=O) groups excluding carboxylic acids is 2. The van der Waals surface area contributed by atoms with Crippen molar-refractivity contribution in [2.75, 3.05) is 0 Å². The van der Waals surface area contributed by atoms with E-state index in [1.54, 1.807) is 27.7 Å². The summed E-state index contributed by atoms with van der Waals surface area (Å²) in [4.78, 5) is 19.6. The molecule has 0 aromatic carbocycles. The number of aliphatic carboxylic acids is 2. The van der Waals surface area contributed by atoms with Gasteiger partial charge in [0.15, 0.2) is 0 Å². The van der Waals surface area contributed by atoms with Crippen molar-refractivity contribution in [3.63, 3.8) is 0 Å². The van der Waals surface area contributed by atoms with Gasteiger partial charge in [-0.25, -0.2) is 0 Å². The molecule has 17 heavy (non-hydrogen) atoms. The van der Waals surface area contributed by atoms with Crippen LogP contribution in [0.15, 0.2) is 0 Å². The van der Waals surface area contributed by atoms with Crippen LogP contribution in [0.25, 0.3) is 0 Å². The van der Waals surface area contributed by atoms with Crippen molar-refractivity contribution in [3.05, 3.63) is 0 Å². The quantitative estimate of drug-likeness (QED) is 0.531. The summed E-state index contributed by atoms with van der Waals surface area (Å²) in [6.07, 6.45) is -2.65. The van der Waals surface area contributed by atoms with Gasteiger partial charge in [0.05, 0.1) is 24.1 Å². The van der Waals surface area contributed by atoms with E-state index in [9.17, 15) is 19.8 Å². The van der Waals surface area contributed by atoms with Crippen LogP contribution in [-0.2, 0) is 9.59 Å². The predicted octanol–water partition coefficient (Wildman–Crippen LogP) is -2.87. The van der Waals surface area contributed by atoms with Gasteiger partial charge in [-0.05, 0) is 11.8 Å². The molecule has 96 valence electrons. The van der Waals surface area contributed by atoms with Gasteiger partial charge in [-0.1, -0.05) is 27.7 Å². The first kappa shape index (κ1) is 22.3. The van der Waals surface area contributed by atoms with Crippen LogP contribution < -0.4 is 10.2 Å². The van der Waals surface area contributed by atoms with Gasteiger partial charge in [0, 0.05) is 0 Å². The SMILES string of the molecule is CC(C)[C@H](O)C(=O)[O-].CC(C)[C@H](O)C(=O)[O-].[Ca+2]. The molecule has 0 aliphatic heterocycles. The number of aliphatic hydroxyl groups excluding tert-OH is 2. The fourth-order valence-corrected chi connectivity index (χ4v) is 0.544. The molecule has 0 rings (SSSR count). The van der Waals surface area contributed by atoms with E-state index in [-0.39, 0.29) is 49.6 Å². The van der Waals surface area contributed by atoms with Gasteiger partial charge in [0.25, 0.3) is 0 Å². The zero-order chi connectivity index (χ0) is 13.5. The Labute approximate surface area is 131 Å². The maximum atomic E-state index is 9.78. The molecule has 0 saturated carbocycles. The van der Waals surface area contributed by atoms with Gasteiger partial charge >= 0.3 is 37.7 Å². The first-order valence-corrected chi connectivity index (χ1v) is 4.89. The number of hydrogen-bond donors (Lipinski definition) is 2. The van der Waals surface area contributed by atoms with Crippen molar-refractivity contribution in [3.8, 4) is 0 Å². The predicted molar refractivity (Wildman–Crippen MR) is 57.5 cm³/mol. The van der Waals surface area contributed by atoms with Gasteiger partial charge in [-0.15, -0.1) is 0 Å². The van der Waals surface area contributed by atoms with Crippen LogP contribution in [0, 0.1) is 11.8 Å². The van der Waals surface area contributed by atoms with Crippen molar-refractivity contribution in [2.45, 2.75) is 39.9 Å². The molecule has 0 saturated heterocycles. The fraction of sp³-hybridized carbons (Fsp3) is 0.800. The summed E-state index contributed by atoms with van der Waals surface area (Å²) >= 11 is 0. The Morgan fingerprint density at radius 1 is 0.824 bits per heavy atom. The first-order valence-electron chi connectivity index (χ1n) is 4.89. The molecule has 7 heteroatoms. The van der Waals surface area contributed by atoms with E-state index in [4.69, 9.17) is 10.2 Å². The van der Waals surface area contributed by atoms with Crippen molar-refractivity contribution in [1.29, 1.82) is 0 Å². The summed E-state index contributed by atoms with van der Waals surface area (Å²) in [6.45, 7) is 6.45. The number of carboxylic acid groups (broad SMARTS) is 2. The molecule has 0 bridgehead atoms. The minimum absolute atomic E-state index is 0. The van der Waals surface area contributed by atoms with Crippen molar-refractivity contribution in [2.24, 2.45) is 11.8 Å². The third-order valence-electron chi connectivity index (χ3n) is 1.75. The van der Waals surface area contributed by atoms with E-state index in [0.29, 0.717) is 0 Å². The zero-order valence-corrected chi connectivity index (χ0v) is 12.8. The molecule has 0 aromatic rings. The van der Waals surface area contributed by atoms with Crippen LogP contribution in [0.1, 0.15) is 27.7 Å². The van der Waals surface area contributed by atoms with Crippen LogP contribution in [-0.4, -0.2) is 72.1 Å². The molecule has 0 fully saturated rings. The van der Waals surface area contributed by atoms with Crippen LogP contribution in [0.3, 0.4) is 0 Å². The molecule has 0 aliphatic rings. The first-order chi connectivity index (χ1) is 7.11. The second-order valence-corrected chi connectivity index (χ2v) is 4.02. The molecular weight excluding hydrogens is 256 g/mol. The van der Waals surface area contributed by atoms with E-state index in [1.807, 2.05) is 0 Å². The fourth-order valence-electron chi connectivity index (χ4n) is 0.544. The minimum atomic E-state index is -1.40. The third kappa shape index (κ3) is 12.4. The van der Waals surface area contributed by atoms with Gasteiger partial charge in [0.1, 0.15) is 0 Å². The summed E-state index contributed by atoms with van der Waals surface area (Å²) in [5, 5.41) is 36.6. The van der Waals surface area contributed by atoms with Crippen LogP contribution in [0.5, 0.6) is 0 Å². The normalized spacial score (nSPS) is 13.2. The summed E-state index contributed by atoms with van der Waals surface area (Å²) in [6, 6.07) is 0. The van der Waals surface area contributed by atoms with Crippen LogP contribution in [0.2, 0.25) is 0 Å². The van der Waals surface area contributed by atoms with Gasteiger partial charge in [-0.2, -0.15) is 0 Å². The van der Waals surface area contributed by atoms with Crippen molar-refractivity contribution in [1.82, 2.24) is 0 Å². The second-order valence-electron chi connectivity index (χ2n) is 4.02. The Morgan fingerprint density at radius 3 is 1.00 bits per heavy atom. The summed E-state index contributed by atoms with van der Waals surface area (Å²) in [7, 11) is 0. The molecular formula is C10H18CaO6. The molecule has 2 N–H and O–H groups in total. The van der Waals surface area contributed by atoms with Gasteiger partial charge < -0.3 is 30.0 Å². The molecule has 0 aromatic heterocycles. The van der Waals surface area contributed by atoms with E-state index >= 15 is 0 Å². The maximum absolute atomic E-state index is 9.78. The zero-order valence-electron chi connectivity index (χ0n) is 10.5.